The summed E-state index contributed by atoms with van der Waals surface area (Å²) in [5, 5.41) is 0. The van der Waals surface area contributed by atoms with Gasteiger partial charge in [-0.05, 0) is 19.3 Å². The van der Waals surface area contributed by atoms with E-state index in [4.69, 9.17) is 0 Å². The summed E-state index contributed by atoms with van der Waals surface area (Å²) in [6.07, 6.45) is 20.9. The fourth-order valence-electron chi connectivity index (χ4n) is 3.03. The van der Waals surface area contributed by atoms with E-state index >= 15 is 0 Å². The number of aromatic nitrogens is 2. The van der Waals surface area contributed by atoms with Crippen molar-refractivity contribution in [2.75, 3.05) is 0 Å². The molecule has 0 saturated carbocycles. The van der Waals surface area contributed by atoms with Crippen molar-refractivity contribution >= 4 is 0 Å². The second-order valence-corrected chi connectivity index (χ2v) is 6.45. The first-order valence-corrected chi connectivity index (χ1v) is 9.33. The van der Waals surface area contributed by atoms with Crippen LogP contribution in [0, 0.1) is 0 Å². The number of aryl methyl sites for hydroxylation is 2. The molecule has 2 nitrogen and oxygen atoms in total. The highest BCUT2D eigenvalue weighted by molar-refractivity contribution is 4.82. The van der Waals surface area contributed by atoms with E-state index in [1.165, 1.54) is 89.4 Å². The van der Waals surface area contributed by atoms with Gasteiger partial charge in [0, 0.05) is 6.42 Å². The summed E-state index contributed by atoms with van der Waals surface area (Å²) in [4.78, 5) is 0. The maximum Gasteiger partial charge on any atom is 0.256 e. The SMILES string of the molecule is CCCCCCCCCC[n+]1ccn(C)c1CCCCC. The van der Waals surface area contributed by atoms with Crippen LogP contribution in [0.4, 0.5) is 0 Å². The van der Waals surface area contributed by atoms with Crippen molar-refractivity contribution in [3.63, 3.8) is 0 Å². The van der Waals surface area contributed by atoms with Crippen molar-refractivity contribution < 1.29 is 4.57 Å². The molecule has 0 saturated heterocycles. The molecule has 1 rings (SSSR count). The zero-order valence-electron chi connectivity index (χ0n) is 14.7. The molecule has 0 radical (unpaired) electrons. The summed E-state index contributed by atoms with van der Waals surface area (Å²) >= 11 is 0. The first kappa shape index (κ1) is 18.3. The Balaban J connectivity index is 2.16. The first-order valence-electron chi connectivity index (χ1n) is 9.33. The minimum Gasteiger partial charge on any atom is -0.237 e. The van der Waals surface area contributed by atoms with E-state index in [0.717, 1.165) is 0 Å². The summed E-state index contributed by atoms with van der Waals surface area (Å²) < 4.78 is 4.78. The topological polar surface area (TPSA) is 8.81 Å². The minimum absolute atomic E-state index is 1.21. The zero-order valence-corrected chi connectivity index (χ0v) is 14.7. The Hall–Kier alpha value is -0.790. The highest BCUT2D eigenvalue weighted by atomic mass is 15.1. The van der Waals surface area contributed by atoms with Gasteiger partial charge in [0.15, 0.2) is 0 Å². The van der Waals surface area contributed by atoms with E-state index in [2.05, 4.69) is 42.4 Å². The van der Waals surface area contributed by atoms with E-state index in [1.807, 2.05) is 0 Å². The van der Waals surface area contributed by atoms with Crippen molar-refractivity contribution in [1.82, 2.24) is 4.57 Å². The summed E-state index contributed by atoms with van der Waals surface area (Å²) in [5.74, 6) is 1.51. The number of hydrogen-bond donors (Lipinski definition) is 0. The van der Waals surface area contributed by atoms with Gasteiger partial charge in [-0.1, -0.05) is 65.2 Å². The summed E-state index contributed by atoms with van der Waals surface area (Å²) in [7, 11) is 2.19. The zero-order chi connectivity index (χ0) is 15.3. The quantitative estimate of drug-likeness (QED) is 0.350. The molecule has 0 aliphatic carbocycles. The fraction of sp³-hybridized carbons (Fsp3) is 0.842. The highest BCUT2D eigenvalue weighted by Gasteiger charge is 2.13. The average molecular weight is 294 g/mol. The molecule has 0 bridgehead atoms. The smallest absolute Gasteiger partial charge is 0.237 e. The van der Waals surface area contributed by atoms with Crippen LogP contribution in [-0.4, -0.2) is 4.57 Å². The molecule has 0 spiro atoms. The van der Waals surface area contributed by atoms with Gasteiger partial charge in [0.1, 0.15) is 12.4 Å². The van der Waals surface area contributed by atoms with Gasteiger partial charge in [-0.25, -0.2) is 9.13 Å². The van der Waals surface area contributed by atoms with Crippen LogP contribution >= 0.6 is 0 Å². The summed E-state index contributed by atoms with van der Waals surface area (Å²) in [6.45, 7) is 5.77. The molecule has 1 aromatic rings. The van der Waals surface area contributed by atoms with Gasteiger partial charge in [0.2, 0.25) is 0 Å². The molecule has 0 aromatic carbocycles. The standard InChI is InChI=1S/C19H37N2/c1-4-6-8-9-10-11-12-14-16-21-18-17-20(3)19(21)15-13-7-5-2/h17-18H,4-16H2,1-3H3/q+1. The van der Waals surface area contributed by atoms with Crippen LogP contribution in [0.1, 0.15) is 90.3 Å². The van der Waals surface area contributed by atoms with Crippen molar-refractivity contribution in [1.29, 1.82) is 0 Å². The highest BCUT2D eigenvalue weighted by Crippen LogP contribution is 2.09. The van der Waals surface area contributed by atoms with Crippen LogP contribution in [0.25, 0.3) is 0 Å². The second kappa shape index (κ2) is 11.8. The average Bonchev–Trinajstić information content (AvgIpc) is 2.83. The lowest BCUT2D eigenvalue weighted by atomic mass is 10.1. The van der Waals surface area contributed by atoms with Gasteiger partial charge >= 0.3 is 0 Å². The summed E-state index contributed by atoms with van der Waals surface area (Å²) in [5.41, 5.74) is 0. The third kappa shape index (κ3) is 7.68. The van der Waals surface area contributed by atoms with Gasteiger partial charge in [-0.2, -0.15) is 0 Å². The molecule has 21 heavy (non-hydrogen) atoms. The normalized spacial score (nSPS) is 11.2. The van der Waals surface area contributed by atoms with Gasteiger partial charge in [0.25, 0.3) is 5.82 Å². The molecule has 0 aliphatic rings. The van der Waals surface area contributed by atoms with Crippen LogP contribution in [-0.2, 0) is 20.0 Å². The second-order valence-electron chi connectivity index (χ2n) is 6.45. The molecular formula is C19H37N2+. The number of hydrogen-bond acceptors (Lipinski definition) is 0. The van der Waals surface area contributed by atoms with Crippen molar-refractivity contribution in [3.8, 4) is 0 Å². The number of unbranched alkanes of at least 4 members (excludes halogenated alkanes) is 9. The van der Waals surface area contributed by atoms with Crippen LogP contribution < -0.4 is 4.57 Å². The molecule has 1 aromatic heterocycles. The maximum absolute atomic E-state index is 2.48. The molecule has 2 heteroatoms. The van der Waals surface area contributed by atoms with Gasteiger partial charge in [-0.15, -0.1) is 0 Å². The lowest BCUT2D eigenvalue weighted by molar-refractivity contribution is -0.704. The first-order chi connectivity index (χ1) is 10.3. The Kier molecular flexibility index (Phi) is 10.3. The fourth-order valence-corrected chi connectivity index (χ4v) is 3.03. The van der Waals surface area contributed by atoms with E-state index in [-0.39, 0.29) is 0 Å². The van der Waals surface area contributed by atoms with Crippen LogP contribution in [0.5, 0.6) is 0 Å². The number of rotatable bonds is 13. The van der Waals surface area contributed by atoms with E-state index in [9.17, 15) is 0 Å². The van der Waals surface area contributed by atoms with Crippen LogP contribution in [0.2, 0.25) is 0 Å². The van der Waals surface area contributed by atoms with E-state index < -0.39 is 0 Å². The third-order valence-electron chi connectivity index (χ3n) is 4.47. The van der Waals surface area contributed by atoms with E-state index in [1.54, 1.807) is 0 Å². The number of nitrogens with zero attached hydrogens (tertiary/aromatic N) is 2. The van der Waals surface area contributed by atoms with Crippen LogP contribution in [0.15, 0.2) is 12.4 Å². The van der Waals surface area contributed by atoms with Crippen molar-refractivity contribution in [2.45, 2.75) is 97.4 Å². The Morgan fingerprint density at radius 2 is 1.38 bits per heavy atom. The lowest BCUT2D eigenvalue weighted by Crippen LogP contribution is -2.37. The predicted octanol–water partition coefficient (Wildman–Crippen LogP) is 5.19. The molecule has 0 unspecified atom stereocenters. The molecule has 0 aliphatic heterocycles. The molecule has 0 N–H and O–H groups in total. The molecule has 0 amide bonds. The monoisotopic (exact) mass is 293 g/mol. The Labute approximate surface area is 132 Å². The molecular weight excluding hydrogens is 256 g/mol. The van der Waals surface area contributed by atoms with E-state index in [0.29, 0.717) is 0 Å². The Morgan fingerprint density at radius 3 is 2.05 bits per heavy atom. The number of imidazole rings is 1. The molecule has 0 fully saturated rings. The Bertz CT molecular complexity index is 354. The van der Waals surface area contributed by atoms with Gasteiger partial charge in [0.05, 0.1) is 13.6 Å². The summed E-state index contributed by atoms with van der Waals surface area (Å²) in [6, 6.07) is 0. The van der Waals surface area contributed by atoms with Crippen LogP contribution in [0.3, 0.4) is 0 Å². The molecule has 1 heterocycles. The molecule has 122 valence electrons. The van der Waals surface area contributed by atoms with Crippen molar-refractivity contribution in [3.05, 3.63) is 18.2 Å². The third-order valence-corrected chi connectivity index (χ3v) is 4.47. The predicted molar refractivity (Wildman–Crippen MR) is 91.4 cm³/mol. The lowest BCUT2D eigenvalue weighted by Gasteiger charge is -2.04. The van der Waals surface area contributed by atoms with Crippen molar-refractivity contribution in [2.24, 2.45) is 7.05 Å². The largest absolute Gasteiger partial charge is 0.256 e. The van der Waals surface area contributed by atoms with Gasteiger partial charge in [-0.3, -0.25) is 0 Å². The minimum atomic E-state index is 1.21. The van der Waals surface area contributed by atoms with Gasteiger partial charge < -0.3 is 0 Å². The maximum atomic E-state index is 2.48. The molecule has 0 atom stereocenters. The Morgan fingerprint density at radius 1 is 0.810 bits per heavy atom.